The number of hydrogen-bond acceptors (Lipinski definition) is 2. The summed E-state index contributed by atoms with van der Waals surface area (Å²) in [7, 11) is -0.689. The van der Waals surface area contributed by atoms with Crippen LogP contribution in [0.1, 0.15) is 54.9 Å². The van der Waals surface area contributed by atoms with Crippen LogP contribution in [0.15, 0.2) is 24.3 Å². The van der Waals surface area contributed by atoms with Gasteiger partial charge in [0.25, 0.3) is 0 Å². The molecule has 2 atom stereocenters. The number of benzene rings is 1. The van der Waals surface area contributed by atoms with Crippen molar-refractivity contribution in [1.29, 1.82) is 0 Å². The summed E-state index contributed by atoms with van der Waals surface area (Å²) in [5.74, 6) is 0.381. The molecule has 1 aromatic carbocycles. The van der Waals surface area contributed by atoms with Gasteiger partial charge in [0.15, 0.2) is 5.78 Å². The highest BCUT2D eigenvalue weighted by Crippen LogP contribution is 2.38. The lowest BCUT2D eigenvalue weighted by Crippen LogP contribution is -2.41. The summed E-state index contributed by atoms with van der Waals surface area (Å²) >= 11 is 0. The molecule has 2 aliphatic rings. The van der Waals surface area contributed by atoms with Gasteiger partial charge in [-0.25, -0.2) is 0 Å². The van der Waals surface area contributed by atoms with E-state index in [2.05, 4.69) is 13.0 Å². The van der Waals surface area contributed by atoms with E-state index in [1.54, 1.807) is 0 Å². The second-order valence-electron chi connectivity index (χ2n) is 6.05. The maximum absolute atomic E-state index is 12.8. The van der Waals surface area contributed by atoms with Gasteiger partial charge in [-0.2, -0.15) is 0 Å². The molecule has 3 rings (SSSR count). The molecule has 108 valence electrons. The number of carbonyl (C=O) groups is 1. The standard InChI is InChI=1S/C17H22O2S/c1-2-12-6-3-4-9-16(12)17(18)13-10-14-7-5-8-15(11-13)20(14)19/h3-4,6,9,13-15H,2,5,7-8,10-11H2,1H3. The number of ketones is 1. The van der Waals surface area contributed by atoms with Crippen LogP contribution in [0.5, 0.6) is 0 Å². The number of fused-ring (bicyclic) bond motifs is 2. The molecule has 0 saturated carbocycles. The summed E-state index contributed by atoms with van der Waals surface area (Å²) in [5.41, 5.74) is 2.04. The van der Waals surface area contributed by atoms with Crippen LogP contribution in [0.25, 0.3) is 0 Å². The van der Waals surface area contributed by atoms with E-state index in [4.69, 9.17) is 0 Å². The van der Waals surface area contributed by atoms with Crippen molar-refractivity contribution in [1.82, 2.24) is 0 Å². The van der Waals surface area contributed by atoms with Gasteiger partial charge in [0.05, 0.1) is 0 Å². The summed E-state index contributed by atoms with van der Waals surface area (Å²) in [4.78, 5) is 12.8. The number of Topliss-reactive ketones (excluding diaryl/α,β-unsaturated/α-hetero) is 1. The minimum absolute atomic E-state index is 0.0932. The van der Waals surface area contributed by atoms with Gasteiger partial charge in [0.1, 0.15) is 0 Å². The van der Waals surface area contributed by atoms with E-state index in [9.17, 15) is 9.00 Å². The maximum atomic E-state index is 12.8. The van der Waals surface area contributed by atoms with E-state index in [0.717, 1.165) is 43.2 Å². The molecule has 0 radical (unpaired) electrons. The molecule has 0 N–H and O–H groups in total. The van der Waals surface area contributed by atoms with Gasteiger partial charge in [0.2, 0.25) is 0 Å². The van der Waals surface area contributed by atoms with Crippen LogP contribution in [-0.2, 0) is 17.2 Å². The summed E-state index contributed by atoms with van der Waals surface area (Å²) in [5, 5.41) is 0.537. The molecular weight excluding hydrogens is 268 g/mol. The Labute approximate surface area is 123 Å². The molecule has 2 unspecified atom stereocenters. The Morgan fingerprint density at radius 3 is 2.50 bits per heavy atom. The molecular formula is C17H22O2S. The van der Waals surface area contributed by atoms with Crippen molar-refractivity contribution in [3.05, 3.63) is 35.4 Å². The molecule has 0 aliphatic carbocycles. The maximum Gasteiger partial charge on any atom is 0.166 e. The lowest BCUT2D eigenvalue weighted by atomic mass is 9.83. The van der Waals surface area contributed by atoms with Crippen molar-refractivity contribution in [2.75, 3.05) is 0 Å². The Bertz CT molecular complexity index is 522. The zero-order chi connectivity index (χ0) is 14.1. The second kappa shape index (κ2) is 5.80. The topological polar surface area (TPSA) is 34.1 Å². The Hall–Kier alpha value is -0.960. The highest BCUT2D eigenvalue weighted by molar-refractivity contribution is 7.86. The summed E-state index contributed by atoms with van der Waals surface area (Å²) in [6.07, 6.45) is 5.84. The average Bonchev–Trinajstić information content (AvgIpc) is 2.46. The molecule has 2 bridgehead atoms. The molecule has 0 spiro atoms. The van der Waals surface area contributed by atoms with E-state index in [0.29, 0.717) is 0 Å². The van der Waals surface area contributed by atoms with Crippen LogP contribution >= 0.6 is 0 Å². The zero-order valence-electron chi connectivity index (χ0n) is 12.0. The molecule has 2 nitrogen and oxygen atoms in total. The molecule has 2 heterocycles. The highest BCUT2D eigenvalue weighted by Gasteiger charge is 2.40. The SMILES string of the molecule is CCc1ccccc1C(=O)C1CC2CCCC(C1)S2=O. The fourth-order valence-corrected chi connectivity index (χ4v) is 5.92. The van der Waals surface area contributed by atoms with Crippen LogP contribution in [-0.4, -0.2) is 20.5 Å². The van der Waals surface area contributed by atoms with Gasteiger partial charge < -0.3 is 0 Å². The predicted octanol–water partition coefficient (Wildman–Crippen LogP) is 3.51. The fourth-order valence-electron chi connectivity index (χ4n) is 3.74. The summed E-state index contributed by atoms with van der Waals surface area (Å²) < 4.78 is 12.2. The van der Waals surface area contributed by atoms with E-state index < -0.39 is 10.8 Å². The summed E-state index contributed by atoms with van der Waals surface area (Å²) in [6, 6.07) is 7.96. The van der Waals surface area contributed by atoms with Crippen LogP contribution in [0, 0.1) is 5.92 Å². The van der Waals surface area contributed by atoms with Crippen LogP contribution in [0.3, 0.4) is 0 Å². The fraction of sp³-hybridized carbons (Fsp3) is 0.588. The van der Waals surface area contributed by atoms with Crippen molar-refractivity contribution in [3.63, 3.8) is 0 Å². The van der Waals surface area contributed by atoms with Crippen molar-refractivity contribution in [2.45, 2.75) is 55.9 Å². The van der Waals surface area contributed by atoms with Crippen molar-refractivity contribution in [3.8, 4) is 0 Å². The van der Waals surface area contributed by atoms with Gasteiger partial charge >= 0.3 is 0 Å². The third-order valence-electron chi connectivity index (χ3n) is 4.84. The lowest BCUT2D eigenvalue weighted by molar-refractivity contribution is 0.0894. The number of rotatable bonds is 3. The van der Waals surface area contributed by atoms with Crippen LogP contribution < -0.4 is 0 Å². The Kier molecular flexibility index (Phi) is 4.06. The van der Waals surface area contributed by atoms with Gasteiger partial charge in [-0.1, -0.05) is 37.6 Å². The van der Waals surface area contributed by atoms with Gasteiger partial charge in [-0.3, -0.25) is 9.00 Å². The number of hydrogen-bond donors (Lipinski definition) is 0. The first-order chi connectivity index (χ1) is 9.70. The van der Waals surface area contributed by atoms with E-state index in [1.807, 2.05) is 18.2 Å². The van der Waals surface area contributed by atoms with Crippen molar-refractivity contribution in [2.24, 2.45) is 5.92 Å². The predicted molar refractivity (Wildman–Crippen MR) is 82.4 cm³/mol. The molecule has 0 amide bonds. The average molecular weight is 290 g/mol. The highest BCUT2D eigenvalue weighted by atomic mass is 32.2. The molecule has 0 aromatic heterocycles. The monoisotopic (exact) mass is 290 g/mol. The first kappa shape index (κ1) is 14.0. The largest absolute Gasteiger partial charge is 0.294 e. The van der Waals surface area contributed by atoms with Crippen LogP contribution in [0.4, 0.5) is 0 Å². The Balaban J connectivity index is 1.83. The van der Waals surface area contributed by atoms with E-state index >= 15 is 0 Å². The lowest BCUT2D eigenvalue weighted by Gasteiger charge is -2.37. The second-order valence-corrected chi connectivity index (χ2v) is 8.04. The van der Waals surface area contributed by atoms with E-state index in [1.165, 1.54) is 6.42 Å². The van der Waals surface area contributed by atoms with Crippen molar-refractivity contribution < 1.29 is 9.00 Å². The Morgan fingerprint density at radius 2 is 1.85 bits per heavy atom. The summed E-state index contributed by atoms with van der Waals surface area (Å²) in [6.45, 7) is 2.09. The van der Waals surface area contributed by atoms with Gasteiger partial charge in [0, 0.05) is 32.8 Å². The third-order valence-corrected chi connectivity index (χ3v) is 7.01. The zero-order valence-corrected chi connectivity index (χ0v) is 12.8. The van der Waals surface area contributed by atoms with Crippen LogP contribution in [0.2, 0.25) is 0 Å². The number of aryl methyl sites for hydroxylation is 1. The molecule has 1 aromatic rings. The van der Waals surface area contributed by atoms with Gasteiger partial charge in [-0.15, -0.1) is 0 Å². The third kappa shape index (κ3) is 2.48. The molecule has 2 saturated heterocycles. The quantitative estimate of drug-likeness (QED) is 0.798. The Morgan fingerprint density at radius 1 is 1.20 bits per heavy atom. The molecule has 20 heavy (non-hydrogen) atoms. The molecule has 3 heteroatoms. The first-order valence-electron chi connectivity index (χ1n) is 7.72. The van der Waals surface area contributed by atoms with E-state index in [-0.39, 0.29) is 22.2 Å². The minimum Gasteiger partial charge on any atom is -0.294 e. The molecule has 2 aliphatic heterocycles. The van der Waals surface area contributed by atoms with Gasteiger partial charge in [-0.05, 0) is 37.7 Å². The first-order valence-corrected chi connectivity index (χ1v) is 8.99. The van der Waals surface area contributed by atoms with Crippen molar-refractivity contribution >= 4 is 16.6 Å². The normalized spacial score (nSPS) is 32.9. The minimum atomic E-state index is -0.689. The molecule has 2 fully saturated rings. The smallest absolute Gasteiger partial charge is 0.166 e. The number of carbonyl (C=O) groups excluding carboxylic acids is 1.